The lowest BCUT2D eigenvalue weighted by Crippen LogP contribution is -2.47. The van der Waals surface area contributed by atoms with Gasteiger partial charge in [0, 0.05) is 49.8 Å². The summed E-state index contributed by atoms with van der Waals surface area (Å²) in [6.07, 6.45) is -4.46. The van der Waals surface area contributed by atoms with E-state index < -0.39 is 17.8 Å². The lowest BCUT2D eigenvalue weighted by Gasteiger charge is -2.38. The molecule has 0 aromatic heterocycles. The molecule has 4 rings (SSSR count). The smallest absolute Gasteiger partial charge is 0.416 e. The lowest BCUT2D eigenvalue weighted by molar-refractivity contribution is -0.137. The Bertz CT molecular complexity index is 1350. The number of methoxy groups -OCH3 is 1. The van der Waals surface area contributed by atoms with Crippen molar-refractivity contribution in [3.05, 3.63) is 77.9 Å². The number of hydrogen-bond acceptors (Lipinski definition) is 5. The van der Waals surface area contributed by atoms with Crippen molar-refractivity contribution < 1.29 is 27.5 Å². The molecule has 11 heteroatoms. The van der Waals surface area contributed by atoms with E-state index in [1.807, 2.05) is 38.1 Å². The predicted molar refractivity (Wildman–Crippen MR) is 155 cm³/mol. The second-order valence-corrected chi connectivity index (χ2v) is 10.1. The zero-order valence-electron chi connectivity index (χ0n) is 23.2. The Labute approximate surface area is 237 Å². The molecule has 218 valence electrons. The number of urea groups is 1. The molecular weight excluding hydrogens is 535 g/mol. The minimum absolute atomic E-state index is 0.204. The van der Waals surface area contributed by atoms with Crippen LogP contribution in [0, 0.1) is 5.92 Å². The molecule has 0 bridgehead atoms. The minimum Gasteiger partial charge on any atom is -0.495 e. The van der Waals surface area contributed by atoms with Crippen LogP contribution in [-0.2, 0) is 6.18 Å². The monoisotopic (exact) mass is 569 g/mol. The van der Waals surface area contributed by atoms with Crippen molar-refractivity contribution in [1.29, 1.82) is 0 Å². The maximum atomic E-state index is 13.2. The molecule has 41 heavy (non-hydrogen) atoms. The van der Waals surface area contributed by atoms with Crippen molar-refractivity contribution in [2.75, 3.05) is 60.3 Å². The first-order valence-corrected chi connectivity index (χ1v) is 13.4. The zero-order valence-corrected chi connectivity index (χ0v) is 23.2. The van der Waals surface area contributed by atoms with Crippen molar-refractivity contribution >= 4 is 34.7 Å². The Balaban J connectivity index is 1.48. The Hall–Kier alpha value is -4.41. The molecule has 1 aliphatic rings. The van der Waals surface area contributed by atoms with Gasteiger partial charge in [0.1, 0.15) is 5.75 Å². The number of hydrogen-bond donors (Lipinski definition) is 3. The van der Waals surface area contributed by atoms with Crippen LogP contribution in [0.2, 0.25) is 0 Å². The van der Waals surface area contributed by atoms with Crippen LogP contribution in [0.5, 0.6) is 5.75 Å². The Morgan fingerprint density at radius 3 is 2.05 bits per heavy atom. The van der Waals surface area contributed by atoms with Gasteiger partial charge in [-0.15, -0.1) is 0 Å². The molecule has 1 aliphatic heterocycles. The molecule has 3 aromatic rings. The number of nitrogens with zero attached hydrogens (tertiary/aromatic N) is 2. The summed E-state index contributed by atoms with van der Waals surface area (Å²) in [5.74, 6) is 0.801. The molecule has 3 amide bonds. The van der Waals surface area contributed by atoms with Gasteiger partial charge in [0.25, 0.3) is 5.91 Å². The van der Waals surface area contributed by atoms with Crippen LogP contribution in [0.3, 0.4) is 0 Å². The number of carbonyl (C=O) groups is 2. The molecule has 0 atom stereocenters. The Morgan fingerprint density at radius 1 is 0.854 bits per heavy atom. The predicted octanol–water partition coefficient (Wildman–Crippen LogP) is 6.07. The summed E-state index contributed by atoms with van der Waals surface area (Å²) in [5.41, 5.74) is 1.96. The van der Waals surface area contributed by atoms with E-state index in [0.29, 0.717) is 30.9 Å². The third-order valence-electron chi connectivity index (χ3n) is 6.69. The summed E-state index contributed by atoms with van der Waals surface area (Å²) < 4.78 is 44.0. The summed E-state index contributed by atoms with van der Waals surface area (Å²) in [5, 5.41) is 8.15. The number of piperazine rings is 1. The van der Waals surface area contributed by atoms with Gasteiger partial charge in [-0.1, -0.05) is 26.0 Å². The van der Waals surface area contributed by atoms with E-state index in [1.165, 1.54) is 12.1 Å². The van der Waals surface area contributed by atoms with Gasteiger partial charge in [0.15, 0.2) is 0 Å². The molecule has 8 nitrogen and oxygen atoms in total. The fourth-order valence-electron chi connectivity index (χ4n) is 4.58. The van der Waals surface area contributed by atoms with Crippen LogP contribution in [0.25, 0.3) is 0 Å². The number of amides is 3. The van der Waals surface area contributed by atoms with Crippen LogP contribution >= 0.6 is 0 Å². The summed E-state index contributed by atoms with van der Waals surface area (Å²) in [7, 11) is 1.65. The fourth-order valence-corrected chi connectivity index (χ4v) is 4.58. The average molecular weight is 570 g/mol. The molecular formula is C30H34F3N5O3. The largest absolute Gasteiger partial charge is 0.495 e. The second kappa shape index (κ2) is 12.8. The SMILES string of the molecule is COc1ccccc1N1CCN(c2ccc(NC(=O)Nc3ccc(C(F)(F)F)cc3)cc2C(=O)NCC(C)C)CC1. The van der Waals surface area contributed by atoms with Gasteiger partial charge >= 0.3 is 12.2 Å². The Morgan fingerprint density at radius 2 is 1.44 bits per heavy atom. The van der Waals surface area contributed by atoms with Gasteiger partial charge < -0.3 is 30.5 Å². The summed E-state index contributed by atoms with van der Waals surface area (Å²) in [4.78, 5) is 30.2. The number of carbonyl (C=O) groups excluding carboxylic acids is 2. The van der Waals surface area contributed by atoms with Gasteiger partial charge in [0.2, 0.25) is 0 Å². The quantitative estimate of drug-likeness (QED) is 0.307. The van der Waals surface area contributed by atoms with E-state index in [1.54, 1.807) is 25.3 Å². The van der Waals surface area contributed by atoms with Gasteiger partial charge in [-0.25, -0.2) is 4.79 Å². The van der Waals surface area contributed by atoms with Crippen molar-refractivity contribution in [2.24, 2.45) is 5.92 Å². The minimum atomic E-state index is -4.46. The highest BCUT2D eigenvalue weighted by molar-refractivity contribution is 6.04. The van der Waals surface area contributed by atoms with Crippen LogP contribution in [0.4, 0.5) is 40.7 Å². The molecule has 3 N–H and O–H groups in total. The van der Waals surface area contributed by atoms with Crippen molar-refractivity contribution in [3.8, 4) is 5.75 Å². The third kappa shape index (κ3) is 7.62. The van der Waals surface area contributed by atoms with Gasteiger partial charge in [-0.05, 0) is 60.5 Å². The number of ether oxygens (including phenoxy) is 1. The first kappa shape index (κ1) is 29.6. The average Bonchev–Trinajstić information content (AvgIpc) is 2.95. The van der Waals surface area contributed by atoms with Crippen LogP contribution < -0.4 is 30.5 Å². The standard InChI is InChI=1S/C30H34F3N5O3/c1-20(2)19-34-28(39)24-18-23(36-29(40)35-22-10-8-21(9-11-22)30(31,32)33)12-13-25(24)37-14-16-38(17-15-37)26-6-4-5-7-27(26)41-3/h4-13,18,20H,14-17,19H2,1-3H3,(H,34,39)(H2,35,36,40). The highest BCUT2D eigenvalue weighted by atomic mass is 19.4. The maximum absolute atomic E-state index is 13.2. The number of alkyl halides is 3. The number of halogens is 3. The summed E-state index contributed by atoms with van der Waals surface area (Å²) in [6, 6.07) is 16.5. The first-order valence-electron chi connectivity index (χ1n) is 13.4. The molecule has 1 heterocycles. The van der Waals surface area contributed by atoms with Gasteiger partial charge in [-0.3, -0.25) is 4.79 Å². The molecule has 0 saturated carbocycles. The topological polar surface area (TPSA) is 85.9 Å². The number of anilines is 4. The molecule has 1 fully saturated rings. The summed E-state index contributed by atoms with van der Waals surface area (Å²) >= 11 is 0. The van der Waals surface area contributed by atoms with E-state index in [0.717, 1.165) is 42.3 Å². The third-order valence-corrected chi connectivity index (χ3v) is 6.69. The molecule has 0 unspecified atom stereocenters. The van der Waals surface area contributed by atoms with Crippen LogP contribution in [0.1, 0.15) is 29.8 Å². The number of benzene rings is 3. The maximum Gasteiger partial charge on any atom is 0.416 e. The van der Waals surface area contributed by atoms with Crippen molar-refractivity contribution in [2.45, 2.75) is 20.0 Å². The second-order valence-electron chi connectivity index (χ2n) is 10.1. The highest BCUT2D eigenvalue weighted by Crippen LogP contribution is 2.32. The zero-order chi connectivity index (χ0) is 29.6. The van der Waals surface area contributed by atoms with E-state index in [-0.39, 0.29) is 17.5 Å². The highest BCUT2D eigenvalue weighted by Gasteiger charge is 2.30. The van der Waals surface area contributed by atoms with Crippen LogP contribution in [-0.4, -0.2) is 51.8 Å². The van der Waals surface area contributed by atoms with Crippen molar-refractivity contribution in [1.82, 2.24) is 5.32 Å². The van der Waals surface area contributed by atoms with E-state index in [9.17, 15) is 22.8 Å². The molecule has 0 aliphatic carbocycles. The number of para-hydroxylation sites is 2. The molecule has 3 aromatic carbocycles. The van der Waals surface area contributed by atoms with E-state index in [4.69, 9.17) is 4.74 Å². The lowest BCUT2D eigenvalue weighted by atomic mass is 10.1. The van der Waals surface area contributed by atoms with E-state index >= 15 is 0 Å². The van der Waals surface area contributed by atoms with Gasteiger partial charge in [-0.2, -0.15) is 13.2 Å². The summed E-state index contributed by atoms with van der Waals surface area (Å²) in [6.45, 7) is 7.29. The molecule has 0 spiro atoms. The normalized spacial score (nSPS) is 13.6. The molecule has 1 saturated heterocycles. The fraction of sp³-hybridized carbons (Fsp3) is 0.333. The molecule has 0 radical (unpaired) electrons. The van der Waals surface area contributed by atoms with E-state index in [2.05, 4.69) is 25.8 Å². The number of rotatable bonds is 8. The van der Waals surface area contributed by atoms with Crippen LogP contribution in [0.15, 0.2) is 66.7 Å². The first-order chi connectivity index (χ1) is 19.5. The number of nitrogens with one attached hydrogen (secondary N) is 3. The van der Waals surface area contributed by atoms with Gasteiger partial charge in [0.05, 0.1) is 23.9 Å². The van der Waals surface area contributed by atoms with Crippen molar-refractivity contribution in [3.63, 3.8) is 0 Å². The Kier molecular flexibility index (Phi) is 9.26.